The van der Waals surface area contributed by atoms with Gasteiger partial charge in [0, 0.05) is 11.3 Å². The molecule has 0 aliphatic heterocycles. The maximum atomic E-state index is 6.16. The van der Waals surface area contributed by atoms with Gasteiger partial charge in [0.05, 0.1) is 23.0 Å². The number of rotatable bonds is 3. The van der Waals surface area contributed by atoms with E-state index in [4.69, 9.17) is 11.6 Å². The Hall–Kier alpha value is -2.07. The maximum Gasteiger partial charge on any atom is 0.146 e. The lowest BCUT2D eigenvalue weighted by Gasteiger charge is -2.11. The van der Waals surface area contributed by atoms with E-state index in [0.717, 1.165) is 34.2 Å². The molecule has 0 atom stereocenters. The minimum atomic E-state index is 0.421. The molecule has 4 nitrogen and oxygen atoms in total. The molecule has 0 spiro atoms. The summed E-state index contributed by atoms with van der Waals surface area (Å²) in [6.45, 7) is 6.04. The monoisotopic (exact) mass is 300 g/mol. The van der Waals surface area contributed by atoms with Crippen molar-refractivity contribution in [1.82, 2.24) is 19.3 Å². The van der Waals surface area contributed by atoms with Crippen LogP contribution in [0.25, 0.3) is 11.5 Å². The molecule has 0 saturated heterocycles. The number of alkyl halides is 1. The second-order valence-electron chi connectivity index (χ2n) is 5.05. The average Bonchev–Trinajstić information content (AvgIpc) is 3.00. The summed E-state index contributed by atoms with van der Waals surface area (Å²) in [5, 5.41) is 4.66. The molecule has 0 N–H and O–H groups in total. The standard InChI is InChI=1S/C16H17ClN4/c1-11-13(3)20(10-18-11)16-15(9-17)12(2)19-21(16)14-7-5-4-6-8-14/h4-8,10H,9H2,1-3H3. The van der Waals surface area contributed by atoms with Crippen molar-refractivity contribution in [1.29, 1.82) is 0 Å². The number of para-hydroxylation sites is 1. The smallest absolute Gasteiger partial charge is 0.146 e. The predicted octanol–water partition coefficient (Wildman–Crippen LogP) is 3.72. The lowest BCUT2D eigenvalue weighted by molar-refractivity contribution is 0.800. The zero-order chi connectivity index (χ0) is 15.0. The normalized spacial score (nSPS) is 11.0. The van der Waals surface area contributed by atoms with Crippen LogP contribution in [0.4, 0.5) is 0 Å². The SMILES string of the molecule is Cc1nn(-c2ccccc2)c(-n2cnc(C)c2C)c1CCl. The number of hydrogen-bond donors (Lipinski definition) is 0. The molecule has 0 aliphatic rings. The second kappa shape index (κ2) is 5.37. The first-order valence-corrected chi connectivity index (χ1v) is 7.37. The summed E-state index contributed by atoms with van der Waals surface area (Å²) in [5.41, 5.74) is 5.08. The number of nitrogens with zero attached hydrogens (tertiary/aromatic N) is 4. The average molecular weight is 301 g/mol. The summed E-state index contributed by atoms with van der Waals surface area (Å²) in [6, 6.07) is 10.1. The van der Waals surface area contributed by atoms with Crippen molar-refractivity contribution < 1.29 is 0 Å². The minimum absolute atomic E-state index is 0.421. The van der Waals surface area contributed by atoms with Crippen LogP contribution in [0.5, 0.6) is 0 Å². The number of halogens is 1. The van der Waals surface area contributed by atoms with Crippen LogP contribution in [-0.2, 0) is 5.88 Å². The van der Waals surface area contributed by atoms with Crippen molar-refractivity contribution in [3.05, 3.63) is 59.3 Å². The molecule has 0 amide bonds. The third-order valence-corrected chi connectivity index (χ3v) is 4.04. The van der Waals surface area contributed by atoms with Crippen molar-refractivity contribution >= 4 is 11.6 Å². The first-order valence-electron chi connectivity index (χ1n) is 6.84. The third-order valence-electron chi connectivity index (χ3n) is 3.77. The highest BCUT2D eigenvalue weighted by Gasteiger charge is 2.19. The van der Waals surface area contributed by atoms with Crippen molar-refractivity contribution in [2.45, 2.75) is 26.7 Å². The van der Waals surface area contributed by atoms with Crippen molar-refractivity contribution in [3.63, 3.8) is 0 Å². The molecule has 0 aliphatic carbocycles. The highest BCUT2D eigenvalue weighted by atomic mass is 35.5. The van der Waals surface area contributed by atoms with Crippen LogP contribution >= 0.6 is 11.6 Å². The fourth-order valence-electron chi connectivity index (χ4n) is 2.41. The van der Waals surface area contributed by atoms with Crippen LogP contribution in [-0.4, -0.2) is 19.3 Å². The number of aryl methyl sites for hydroxylation is 2. The van der Waals surface area contributed by atoms with Gasteiger partial charge in [0.2, 0.25) is 0 Å². The quantitative estimate of drug-likeness (QED) is 0.691. The molecule has 2 aromatic heterocycles. The Bertz CT molecular complexity index is 771. The molecule has 0 saturated carbocycles. The summed E-state index contributed by atoms with van der Waals surface area (Å²) in [6.07, 6.45) is 1.83. The summed E-state index contributed by atoms with van der Waals surface area (Å²) < 4.78 is 3.99. The third kappa shape index (κ3) is 2.25. The Labute approximate surface area is 129 Å². The molecular formula is C16H17ClN4. The number of benzene rings is 1. The zero-order valence-corrected chi connectivity index (χ0v) is 13.1. The zero-order valence-electron chi connectivity index (χ0n) is 12.3. The number of imidazole rings is 1. The van der Waals surface area contributed by atoms with Gasteiger partial charge >= 0.3 is 0 Å². The summed E-state index contributed by atoms with van der Waals surface area (Å²) in [7, 11) is 0. The number of hydrogen-bond acceptors (Lipinski definition) is 2. The highest BCUT2D eigenvalue weighted by Crippen LogP contribution is 2.25. The summed E-state index contributed by atoms with van der Waals surface area (Å²) in [5.74, 6) is 1.39. The van der Waals surface area contributed by atoms with Gasteiger partial charge in [0.1, 0.15) is 12.1 Å². The van der Waals surface area contributed by atoms with Gasteiger partial charge in [0.15, 0.2) is 0 Å². The van der Waals surface area contributed by atoms with Crippen LogP contribution in [0.3, 0.4) is 0 Å². The highest BCUT2D eigenvalue weighted by molar-refractivity contribution is 6.17. The van der Waals surface area contributed by atoms with E-state index in [2.05, 4.69) is 21.6 Å². The molecule has 1 aromatic carbocycles. The molecular weight excluding hydrogens is 284 g/mol. The summed E-state index contributed by atoms with van der Waals surface area (Å²) >= 11 is 6.16. The van der Waals surface area contributed by atoms with Gasteiger partial charge in [-0.15, -0.1) is 11.6 Å². The Morgan fingerprint density at radius 1 is 1.05 bits per heavy atom. The molecule has 2 heterocycles. The van der Waals surface area contributed by atoms with Crippen LogP contribution < -0.4 is 0 Å². The van der Waals surface area contributed by atoms with Crippen LogP contribution in [0.1, 0.15) is 22.6 Å². The van der Waals surface area contributed by atoms with E-state index in [9.17, 15) is 0 Å². The molecule has 0 unspecified atom stereocenters. The van der Waals surface area contributed by atoms with Crippen LogP contribution in [0, 0.1) is 20.8 Å². The Morgan fingerprint density at radius 2 is 1.76 bits per heavy atom. The van der Waals surface area contributed by atoms with Crippen molar-refractivity contribution in [2.24, 2.45) is 0 Å². The van der Waals surface area contributed by atoms with Crippen molar-refractivity contribution in [2.75, 3.05) is 0 Å². The molecule has 0 fully saturated rings. The first kappa shape index (κ1) is 13.9. The fourth-order valence-corrected chi connectivity index (χ4v) is 2.73. The van der Waals surface area contributed by atoms with E-state index in [0.29, 0.717) is 5.88 Å². The lowest BCUT2D eigenvalue weighted by atomic mass is 10.2. The van der Waals surface area contributed by atoms with E-state index in [-0.39, 0.29) is 0 Å². The van der Waals surface area contributed by atoms with Crippen LogP contribution in [0.2, 0.25) is 0 Å². The van der Waals surface area contributed by atoms with Gasteiger partial charge in [0.25, 0.3) is 0 Å². The molecule has 21 heavy (non-hydrogen) atoms. The van der Waals surface area contributed by atoms with E-state index in [1.165, 1.54) is 0 Å². The van der Waals surface area contributed by atoms with E-state index >= 15 is 0 Å². The Balaban J connectivity index is 2.30. The van der Waals surface area contributed by atoms with Gasteiger partial charge in [-0.1, -0.05) is 18.2 Å². The molecule has 5 heteroatoms. The fraction of sp³-hybridized carbons (Fsp3) is 0.250. The molecule has 3 rings (SSSR count). The molecule has 108 valence electrons. The summed E-state index contributed by atoms with van der Waals surface area (Å²) in [4.78, 5) is 4.39. The van der Waals surface area contributed by atoms with Gasteiger partial charge in [-0.2, -0.15) is 5.10 Å². The van der Waals surface area contributed by atoms with Gasteiger partial charge < -0.3 is 0 Å². The first-order chi connectivity index (χ1) is 10.1. The topological polar surface area (TPSA) is 35.6 Å². The Kier molecular flexibility index (Phi) is 3.55. The van der Waals surface area contributed by atoms with E-state index < -0.39 is 0 Å². The van der Waals surface area contributed by atoms with Crippen LogP contribution in [0.15, 0.2) is 36.7 Å². The van der Waals surface area contributed by atoms with Gasteiger partial charge in [-0.05, 0) is 32.9 Å². The molecule has 0 radical (unpaired) electrons. The second-order valence-corrected chi connectivity index (χ2v) is 5.32. The van der Waals surface area contributed by atoms with E-state index in [1.807, 2.05) is 55.2 Å². The lowest BCUT2D eigenvalue weighted by Crippen LogP contribution is -2.07. The predicted molar refractivity (Wildman–Crippen MR) is 84.5 cm³/mol. The number of aromatic nitrogens is 4. The Morgan fingerprint density at radius 3 is 2.33 bits per heavy atom. The minimum Gasteiger partial charge on any atom is -0.287 e. The molecule has 0 bridgehead atoms. The molecule has 3 aromatic rings. The largest absolute Gasteiger partial charge is 0.287 e. The maximum absolute atomic E-state index is 6.16. The van der Waals surface area contributed by atoms with Gasteiger partial charge in [-0.3, -0.25) is 4.57 Å². The van der Waals surface area contributed by atoms with Gasteiger partial charge in [-0.25, -0.2) is 9.67 Å². The van der Waals surface area contributed by atoms with E-state index in [1.54, 1.807) is 0 Å². The van der Waals surface area contributed by atoms with Crippen molar-refractivity contribution in [3.8, 4) is 11.5 Å².